The van der Waals surface area contributed by atoms with Gasteiger partial charge in [-0.2, -0.15) is 0 Å². The summed E-state index contributed by atoms with van der Waals surface area (Å²) < 4.78 is 63.3. The Hall–Kier alpha value is -4.29. The maximum Gasteiger partial charge on any atom is 0.339 e. The number of esters is 1. The zero-order chi connectivity index (χ0) is 59.2. The van der Waals surface area contributed by atoms with Crippen LogP contribution in [0.3, 0.4) is 0 Å². The maximum atomic E-state index is 13.9. The van der Waals surface area contributed by atoms with Crippen molar-refractivity contribution in [3.63, 3.8) is 0 Å². The van der Waals surface area contributed by atoms with Crippen LogP contribution < -0.4 is 19.9 Å². The van der Waals surface area contributed by atoms with Gasteiger partial charge in [0.25, 0.3) is 5.17 Å². The number of carbonyl (C=O) groups is 2. The van der Waals surface area contributed by atoms with Crippen molar-refractivity contribution in [2.75, 3.05) is 105 Å². The number of aliphatic hydroxyl groups is 6. The zero-order valence-electron chi connectivity index (χ0n) is 48.2. The third kappa shape index (κ3) is 13.2. The molecular weight excluding hydrogens is 1090 g/mol. The Balaban J connectivity index is 1.04. The highest BCUT2D eigenvalue weighted by Gasteiger charge is 2.58. The molecule has 3 fully saturated rings. The van der Waals surface area contributed by atoms with Crippen molar-refractivity contribution >= 4 is 34.8 Å². The first-order chi connectivity index (χ1) is 39.3. The van der Waals surface area contributed by atoms with E-state index in [2.05, 4.69) is 33.0 Å². The van der Waals surface area contributed by atoms with E-state index in [4.69, 9.17) is 59.6 Å². The summed E-state index contributed by atoms with van der Waals surface area (Å²) >= 11 is 5.75. The summed E-state index contributed by atoms with van der Waals surface area (Å²) in [6.45, 7) is 18.1. The molecule has 0 radical (unpaired) electrons. The predicted octanol–water partition coefficient (Wildman–Crippen LogP) is -1.09. The number of nitrogens with zero attached hydrogens (tertiary/aromatic N) is 1. The third-order valence-electron chi connectivity index (χ3n) is 17.8. The lowest BCUT2D eigenvalue weighted by Crippen LogP contribution is -3.14. The van der Waals surface area contributed by atoms with Crippen molar-refractivity contribution < 1.29 is 107 Å². The lowest BCUT2D eigenvalue weighted by molar-refractivity contribution is -1.09. The average Bonchev–Trinajstić information content (AvgIpc) is 1.67. The fourth-order valence-corrected chi connectivity index (χ4v) is 12.5. The molecule has 456 valence electrons. The summed E-state index contributed by atoms with van der Waals surface area (Å²) in [5.41, 5.74) is 0.0129. The van der Waals surface area contributed by atoms with E-state index in [1.165, 1.54) is 41.2 Å². The summed E-state index contributed by atoms with van der Waals surface area (Å²) in [5, 5.41) is 82.4. The number of nitrogens with one attached hydrogen (secondary N) is 3. The first-order valence-corrected chi connectivity index (χ1v) is 29.3. The molecule has 1 saturated carbocycles. The highest BCUT2D eigenvalue weighted by Crippen LogP contribution is 2.57. The van der Waals surface area contributed by atoms with Gasteiger partial charge < -0.3 is 93.3 Å². The van der Waals surface area contributed by atoms with E-state index in [0.29, 0.717) is 29.9 Å². The number of fused-ring (bicyclic) bond motifs is 6. The largest absolute Gasteiger partial charge is 0.508 e. The van der Waals surface area contributed by atoms with Gasteiger partial charge in [0.15, 0.2) is 24.0 Å². The number of hydrogen-bond donors (Lipinski definition) is 10. The Morgan fingerprint density at radius 1 is 0.829 bits per heavy atom. The van der Waals surface area contributed by atoms with Gasteiger partial charge >= 0.3 is 5.97 Å². The van der Waals surface area contributed by atoms with Gasteiger partial charge in [0.2, 0.25) is 6.67 Å². The molecule has 4 heterocycles. The normalized spacial score (nSPS) is 33.7. The minimum absolute atomic E-state index is 0.0888. The number of allylic oxidation sites excluding steroid dienone is 2. The molecule has 1 spiro atoms. The Kier molecular flexibility index (Phi) is 21.6. The number of rotatable bonds is 25. The Labute approximate surface area is 484 Å². The third-order valence-corrected chi connectivity index (χ3v) is 18.0. The molecule has 2 aliphatic carbocycles. The predicted molar refractivity (Wildman–Crippen MR) is 297 cm³/mol. The quantitative estimate of drug-likeness (QED) is 0.0245. The van der Waals surface area contributed by atoms with Gasteiger partial charge in [-0.25, -0.2) is 4.79 Å². The molecule has 82 heavy (non-hydrogen) atoms. The topological polar surface area (TPSA) is 289 Å². The minimum atomic E-state index is -1.74. The number of aliphatic hydroxyl groups excluding tert-OH is 6. The van der Waals surface area contributed by atoms with Gasteiger partial charge in [0.1, 0.15) is 73.1 Å². The summed E-state index contributed by atoms with van der Waals surface area (Å²) in [6, 6.07) is 9.39. The Bertz CT molecular complexity index is 2570. The number of hydrogen-bond acceptors (Lipinski definition) is 20. The highest BCUT2D eigenvalue weighted by molar-refractivity contribution is 7.80. The van der Waals surface area contributed by atoms with Crippen LogP contribution in [0.4, 0.5) is 5.69 Å². The number of anilines is 1. The summed E-state index contributed by atoms with van der Waals surface area (Å²) in [6.07, 6.45) is -12.3. The summed E-state index contributed by atoms with van der Waals surface area (Å²) in [5.74, 6) is -2.80. The van der Waals surface area contributed by atoms with Gasteiger partial charge in [-0.3, -0.25) is 14.2 Å². The first-order valence-electron chi connectivity index (χ1n) is 28.9. The van der Waals surface area contributed by atoms with Crippen molar-refractivity contribution in [1.82, 2.24) is 0 Å². The van der Waals surface area contributed by atoms with E-state index in [1.807, 2.05) is 14.0 Å². The van der Waals surface area contributed by atoms with Crippen molar-refractivity contribution in [3.05, 3.63) is 77.1 Å². The molecule has 2 aromatic carbocycles. The number of ether oxygens (including phenoxy) is 10. The number of aromatic hydroxyl groups is 1. The monoisotopic (exact) mass is 1180 g/mol. The fourth-order valence-electron chi connectivity index (χ4n) is 12.3. The molecule has 24 heteroatoms. The van der Waals surface area contributed by atoms with Crippen LogP contribution in [0.5, 0.6) is 11.5 Å². The number of ketones is 1. The van der Waals surface area contributed by atoms with Crippen LogP contribution in [-0.2, 0) is 53.0 Å². The SMILES string of the molecule is CC[NH+](C)CCOC1[C@H](O[C@@H]2C(COC(=S)Nc3ccc4c(c3)C(=O)OC43c4ccc(O)cc4OC4=CC(=O)C=CC43)C[C@@H](O[C@@H]3C(CO)O[C@@H](OC)C(OCC[N+](CC)(CC)C[NH+](CC)CC)[C@H]3O)C(O)[C@H]2O)OC(CO)[C@@H](C)[C@@H]1O. The van der Waals surface area contributed by atoms with Crippen LogP contribution in [0.1, 0.15) is 69.4 Å². The van der Waals surface area contributed by atoms with Crippen LogP contribution in [-0.4, -0.2) is 237 Å². The lowest BCUT2D eigenvalue weighted by atomic mass is 9.71. The van der Waals surface area contributed by atoms with Crippen LogP contribution in [0, 0.1) is 17.8 Å². The molecule has 2 aromatic rings. The highest BCUT2D eigenvalue weighted by atomic mass is 32.1. The van der Waals surface area contributed by atoms with Crippen molar-refractivity contribution in [1.29, 1.82) is 0 Å². The molecule has 2 saturated heterocycles. The molecule has 10 N–H and O–H groups in total. The Morgan fingerprint density at radius 3 is 2.21 bits per heavy atom. The van der Waals surface area contributed by atoms with Crippen LogP contribution in [0.2, 0.25) is 0 Å². The van der Waals surface area contributed by atoms with Gasteiger partial charge in [0, 0.05) is 47.9 Å². The second kappa shape index (κ2) is 27.8. The molecule has 9 unspecified atom stereocenters. The van der Waals surface area contributed by atoms with Gasteiger partial charge in [-0.05, 0) is 83.6 Å². The van der Waals surface area contributed by atoms with Gasteiger partial charge in [-0.15, -0.1) is 0 Å². The number of benzene rings is 2. The first kappa shape index (κ1) is 63.7. The number of quaternary nitrogens is 3. The molecule has 23 nitrogen and oxygen atoms in total. The van der Waals surface area contributed by atoms with Gasteiger partial charge in [0.05, 0.1) is 109 Å². The molecule has 8 rings (SSSR count). The second-order valence-electron chi connectivity index (χ2n) is 22.5. The number of thiocarbonyl (C=S) groups is 1. The fraction of sp³-hybridized carbons (Fsp3) is 0.672. The van der Waals surface area contributed by atoms with E-state index < -0.39 is 122 Å². The van der Waals surface area contributed by atoms with Crippen molar-refractivity contribution in [3.8, 4) is 11.5 Å². The van der Waals surface area contributed by atoms with E-state index in [1.54, 1.807) is 37.3 Å². The van der Waals surface area contributed by atoms with E-state index in [9.17, 15) is 45.3 Å². The maximum absolute atomic E-state index is 13.9. The van der Waals surface area contributed by atoms with Crippen molar-refractivity contribution in [2.24, 2.45) is 17.8 Å². The number of methoxy groups -OCH3 is 1. The van der Waals surface area contributed by atoms with Crippen LogP contribution in [0.15, 0.2) is 60.4 Å². The van der Waals surface area contributed by atoms with Crippen LogP contribution >= 0.6 is 12.2 Å². The van der Waals surface area contributed by atoms with Crippen molar-refractivity contribution in [2.45, 2.75) is 133 Å². The minimum Gasteiger partial charge on any atom is -0.508 e. The van der Waals surface area contributed by atoms with Gasteiger partial charge in [-0.1, -0.05) is 19.1 Å². The molecule has 0 amide bonds. The standard InChI is InChI=1S/C58H84N4O19S/c1-9-60(7)20-22-73-52-46(67)32(6)44(28-63)78-56(52)80-50-33(24-43(47(68)48(50)69)77-51-45(29-64)79-55(72-8)53(49(51)70)74-23-21-62(12-4,13-5)31-61(10-2)11-3)30-75-57(82)59-34-14-17-38-37(25-34)54(71)81-58(38)39-18-15-35(65)26-41(39)76-42-27-36(66)16-19-40(42)58/h14-19,25-27,32-33,39,43-53,55-56,63-64,67-70H,9-13,20-24,28-31H2,1-8H3,(H-,59,66,82)/p+3/t32-,33?,39?,43-,44?,45?,46+,47?,48-,49+,50-,51-,52?,53?,55-,56+,58?/m1/s1. The molecule has 4 aliphatic heterocycles. The number of likely N-dealkylation sites (N-methyl/N-ethyl adjacent to an activating group) is 2. The molecular formula is C58H87N4O19S+3. The van der Waals surface area contributed by atoms with E-state index in [0.717, 1.165) is 43.9 Å². The molecule has 6 aliphatic rings. The summed E-state index contributed by atoms with van der Waals surface area (Å²) in [4.78, 5) is 29.1. The zero-order valence-corrected chi connectivity index (χ0v) is 49.0. The van der Waals surface area contributed by atoms with Crippen LogP contribution in [0.25, 0.3) is 0 Å². The molecule has 0 aromatic heterocycles. The summed E-state index contributed by atoms with van der Waals surface area (Å²) in [7, 11) is 3.41. The van der Waals surface area contributed by atoms with E-state index >= 15 is 0 Å². The number of phenolic OH excluding ortho intramolecular Hbond substituents is 1. The van der Waals surface area contributed by atoms with E-state index in [-0.39, 0.29) is 60.0 Å². The molecule has 0 bridgehead atoms. The number of phenols is 1. The smallest absolute Gasteiger partial charge is 0.339 e. The number of carbonyl (C=O) groups excluding carboxylic acids is 2. The second-order valence-corrected chi connectivity index (χ2v) is 22.8. The lowest BCUT2D eigenvalue weighted by Gasteiger charge is -2.49. The average molecular weight is 1180 g/mol. The Morgan fingerprint density at radius 2 is 1.52 bits per heavy atom. The molecule has 18 atom stereocenters.